The Morgan fingerprint density at radius 3 is 2.28 bits per heavy atom. The number of carbonyl (C=O) groups is 4. The molecule has 0 spiro atoms. The van der Waals surface area contributed by atoms with Crippen LogP contribution in [0.4, 0.5) is 18.0 Å². The molecule has 0 saturated carbocycles. The maximum absolute atomic E-state index is 14.1. The monoisotopic (exact) mass is 649 g/mol. The second-order valence-corrected chi connectivity index (χ2v) is 12.2. The van der Waals surface area contributed by atoms with Crippen molar-refractivity contribution in [3.05, 3.63) is 113 Å². The largest absolute Gasteiger partial charge is 0.458 e. The molecule has 3 aromatic rings. The van der Waals surface area contributed by atoms with Crippen LogP contribution in [0.3, 0.4) is 0 Å². The van der Waals surface area contributed by atoms with Crippen LogP contribution in [0.15, 0.2) is 91.0 Å². The lowest BCUT2D eigenvalue weighted by Crippen LogP contribution is -2.75. The number of carbonyl (C=O) groups excluding carboxylic acids is 4. The Morgan fingerprint density at radius 1 is 0.979 bits per heavy atom. The van der Waals surface area contributed by atoms with Crippen molar-refractivity contribution >= 4 is 30.0 Å². The molecule has 0 radical (unpaired) electrons. The average molecular weight is 650 g/mol. The van der Waals surface area contributed by atoms with Crippen LogP contribution in [0.1, 0.15) is 49.1 Å². The molecule has 9 nitrogen and oxygen atoms in total. The van der Waals surface area contributed by atoms with E-state index >= 15 is 0 Å². The maximum atomic E-state index is 14.1. The molecular formula is C35H34F3N3O6. The molecule has 2 heterocycles. The summed E-state index contributed by atoms with van der Waals surface area (Å²) in [6, 6.07) is 18.0. The van der Waals surface area contributed by atoms with Crippen LogP contribution in [0.5, 0.6) is 0 Å². The number of ether oxygens (including phenoxy) is 2. The lowest BCUT2D eigenvalue weighted by atomic mass is 9.88. The number of β-lactam (4-membered cyclic amide) rings is 1. The summed E-state index contributed by atoms with van der Waals surface area (Å²) in [6.45, 7) is 4.43. The summed E-state index contributed by atoms with van der Waals surface area (Å²) < 4.78 is 50.8. The van der Waals surface area contributed by atoms with E-state index in [4.69, 9.17) is 9.47 Å². The fourth-order valence-electron chi connectivity index (χ4n) is 5.59. The summed E-state index contributed by atoms with van der Waals surface area (Å²) in [5.41, 5.74) is -0.314. The van der Waals surface area contributed by atoms with E-state index in [1.54, 1.807) is 57.2 Å². The van der Waals surface area contributed by atoms with Gasteiger partial charge in [0.15, 0.2) is 0 Å². The van der Waals surface area contributed by atoms with Crippen molar-refractivity contribution < 1.29 is 41.8 Å². The minimum Gasteiger partial charge on any atom is -0.458 e. The Balaban J connectivity index is 1.49. The van der Waals surface area contributed by atoms with E-state index < -0.39 is 65.4 Å². The lowest BCUT2D eigenvalue weighted by Gasteiger charge is -2.51. The van der Waals surface area contributed by atoms with Crippen molar-refractivity contribution in [3.63, 3.8) is 0 Å². The third-order valence-corrected chi connectivity index (χ3v) is 7.71. The van der Waals surface area contributed by atoms with Gasteiger partial charge in [0.1, 0.15) is 18.2 Å². The highest BCUT2D eigenvalue weighted by molar-refractivity contribution is 6.08. The summed E-state index contributed by atoms with van der Waals surface area (Å²) >= 11 is 0. The van der Waals surface area contributed by atoms with Gasteiger partial charge in [-0.15, -0.1) is 0 Å². The molecule has 3 aromatic carbocycles. The van der Waals surface area contributed by atoms with E-state index in [1.807, 2.05) is 36.4 Å². The van der Waals surface area contributed by atoms with Crippen LogP contribution in [0.25, 0.3) is 6.08 Å². The molecule has 2 fully saturated rings. The summed E-state index contributed by atoms with van der Waals surface area (Å²) in [5, 5.41) is 2.51. The summed E-state index contributed by atoms with van der Waals surface area (Å²) in [4.78, 5) is 56.9. The number of hydrogen-bond donors (Lipinski definition) is 1. The van der Waals surface area contributed by atoms with E-state index in [0.29, 0.717) is 0 Å². The van der Waals surface area contributed by atoms with Crippen LogP contribution in [-0.2, 0) is 36.6 Å². The van der Waals surface area contributed by atoms with E-state index in [9.17, 15) is 32.3 Å². The number of alkyl halides is 3. The van der Waals surface area contributed by atoms with Gasteiger partial charge >= 0.3 is 18.2 Å². The van der Waals surface area contributed by atoms with E-state index in [2.05, 4.69) is 5.32 Å². The molecule has 2 saturated heterocycles. The first-order valence-corrected chi connectivity index (χ1v) is 15.0. The smallest absolute Gasteiger partial charge is 0.416 e. The molecule has 12 heteroatoms. The molecule has 5 rings (SSSR count). The van der Waals surface area contributed by atoms with E-state index in [-0.39, 0.29) is 18.7 Å². The molecule has 0 aliphatic carbocycles. The van der Waals surface area contributed by atoms with Crippen LogP contribution < -0.4 is 5.32 Å². The number of benzene rings is 3. The van der Waals surface area contributed by atoms with Gasteiger partial charge < -0.3 is 19.7 Å². The number of rotatable bonds is 9. The molecule has 0 aromatic heterocycles. The van der Waals surface area contributed by atoms with Gasteiger partial charge in [0.2, 0.25) is 11.9 Å². The Labute approximate surface area is 269 Å². The first-order valence-electron chi connectivity index (χ1n) is 15.0. The molecule has 47 heavy (non-hydrogen) atoms. The number of nitrogens with zero attached hydrogens (tertiary/aromatic N) is 2. The number of halogens is 3. The molecule has 246 valence electrons. The number of hydrogen-bond acceptors (Lipinski definition) is 6. The first-order chi connectivity index (χ1) is 22.2. The quantitative estimate of drug-likeness (QED) is 0.186. The summed E-state index contributed by atoms with van der Waals surface area (Å²) in [6.07, 6.45) is -1.97. The molecule has 2 aliphatic heterocycles. The molecule has 1 N–H and O–H groups in total. The van der Waals surface area contributed by atoms with Crippen molar-refractivity contribution in [1.29, 1.82) is 0 Å². The third-order valence-electron chi connectivity index (χ3n) is 7.71. The number of esters is 1. The van der Waals surface area contributed by atoms with Gasteiger partial charge in [-0.1, -0.05) is 84.9 Å². The van der Waals surface area contributed by atoms with Gasteiger partial charge in [-0.25, -0.2) is 9.59 Å². The second kappa shape index (κ2) is 13.3. The van der Waals surface area contributed by atoms with Gasteiger partial charge in [-0.2, -0.15) is 13.2 Å². The third kappa shape index (κ3) is 7.48. The zero-order valence-corrected chi connectivity index (χ0v) is 25.9. The van der Waals surface area contributed by atoms with Gasteiger partial charge in [-0.3, -0.25) is 14.5 Å². The fourth-order valence-corrected chi connectivity index (χ4v) is 5.59. The predicted octanol–water partition coefficient (Wildman–Crippen LogP) is 5.52. The standard InChI is InChI=1S/C35H34F3N3O6/c1-34(2,3)47-32(44)29(30(42)39-20-23-13-10-16-25(19-23)35(36,37)38)40-26(18-17-22-11-6-4-7-12-22)28(31(40)43)41-27(21-46-33(41)45)24-14-8-5-9-15-24/h4-19,26-29H,20-21H2,1-3H3,(H,39,42)/t26-,27-,28+,29?/m1/s1. The molecule has 1 unspecified atom stereocenters. The zero-order chi connectivity index (χ0) is 33.9. The number of amides is 3. The van der Waals surface area contributed by atoms with Crippen LogP contribution in [0.2, 0.25) is 0 Å². The highest BCUT2D eigenvalue weighted by Crippen LogP contribution is 2.39. The Hall–Kier alpha value is -5.13. The molecule has 4 atom stereocenters. The van der Waals surface area contributed by atoms with E-state index in [1.165, 1.54) is 17.0 Å². The minimum atomic E-state index is -4.59. The Morgan fingerprint density at radius 2 is 1.64 bits per heavy atom. The van der Waals surface area contributed by atoms with Gasteiger partial charge in [0.25, 0.3) is 5.91 Å². The topological polar surface area (TPSA) is 105 Å². The van der Waals surface area contributed by atoms with Crippen molar-refractivity contribution in [2.24, 2.45) is 0 Å². The highest BCUT2D eigenvalue weighted by Gasteiger charge is 2.60. The van der Waals surface area contributed by atoms with Crippen molar-refractivity contribution in [1.82, 2.24) is 15.1 Å². The van der Waals surface area contributed by atoms with Crippen LogP contribution in [0, 0.1) is 0 Å². The normalized spacial score (nSPS) is 20.5. The lowest BCUT2D eigenvalue weighted by molar-refractivity contribution is -0.179. The Kier molecular flexibility index (Phi) is 9.41. The number of nitrogens with one attached hydrogen (secondary N) is 1. The molecule has 2 aliphatic rings. The van der Waals surface area contributed by atoms with Crippen molar-refractivity contribution in [2.75, 3.05) is 6.61 Å². The number of cyclic esters (lactones) is 1. The maximum Gasteiger partial charge on any atom is 0.416 e. The number of likely N-dealkylation sites (tertiary alicyclic amines) is 1. The average Bonchev–Trinajstić information content (AvgIpc) is 3.40. The Bertz CT molecular complexity index is 1660. The fraction of sp³-hybridized carbons (Fsp3) is 0.314. The summed E-state index contributed by atoms with van der Waals surface area (Å²) in [7, 11) is 0. The van der Waals surface area contributed by atoms with Crippen LogP contribution >= 0.6 is 0 Å². The van der Waals surface area contributed by atoms with Crippen LogP contribution in [-0.4, -0.2) is 64.0 Å². The van der Waals surface area contributed by atoms with Gasteiger partial charge in [0, 0.05) is 6.54 Å². The van der Waals surface area contributed by atoms with Gasteiger partial charge in [0.05, 0.1) is 17.6 Å². The SMILES string of the molecule is CC(C)(C)OC(=O)C(C(=O)NCc1cccc(C(F)(F)F)c1)N1C(=O)[C@@H](N2C(=O)OC[C@@H]2c2ccccc2)[C@H]1C=Cc1ccccc1. The second-order valence-electron chi connectivity index (χ2n) is 12.2. The first kappa shape index (κ1) is 33.2. The minimum absolute atomic E-state index is 0.00524. The molecule has 0 bridgehead atoms. The summed E-state index contributed by atoms with van der Waals surface area (Å²) in [5.74, 6) is -2.68. The van der Waals surface area contributed by atoms with E-state index in [0.717, 1.165) is 28.2 Å². The van der Waals surface area contributed by atoms with Gasteiger partial charge in [-0.05, 0) is 49.6 Å². The predicted molar refractivity (Wildman–Crippen MR) is 165 cm³/mol. The van der Waals surface area contributed by atoms with Crippen molar-refractivity contribution in [2.45, 2.75) is 63.3 Å². The van der Waals surface area contributed by atoms with Crippen molar-refractivity contribution in [3.8, 4) is 0 Å². The highest BCUT2D eigenvalue weighted by atomic mass is 19.4. The zero-order valence-electron chi connectivity index (χ0n) is 25.9. The molecular weight excluding hydrogens is 615 g/mol. The molecule has 3 amide bonds.